The SMILES string of the molecule is CCCCN(CCCC)CC(CC)(CC)N[Si](C)(C)C(C)(C)C. The van der Waals surface area contributed by atoms with Crippen LogP contribution in [0.25, 0.3) is 0 Å². The Kier molecular flexibility index (Phi) is 10.3. The molecule has 0 rings (SSSR count). The van der Waals surface area contributed by atoms with E-state index in [1.807, 2.05) is 0 Å². The van der Waals surface area contributed by atoms with Gasteiger partial charge in [-0.1, -0.05) is 74.4 Å². The van der Waals surface area contributed by atoms with E-state index in [1.54, 1.807) is 0 Å². The third kappa shape index (κ3) is 7.70. The van der Waals surface area contributed by atoms with Gasteiger partial charge >= 0.3 is 0 Å². The topological polar surface area (TPSA) is 15.3 Å². The summed E-state index contributed by atoms with van der Waals surface area (Å²) in [6, 6.07) is 0. The van der Waals surface area contributed by atoms with Crippen LogP contribution in [0.2, 0.25) is 18.1 Å². The van der Waals surface area contributed by atoms with Gasteiger partial charge in [0, 0.05) is 12.1 Å². The lowest BCUT2D eigenvalue weighted by Gasteiger charge is -2.48. The second-order valence-corrected chi connectivity index (χ2v) is 14.0. The van der Waals surface area contributed by atoms with Crippen molar-refractivity contribution in [2.24, 2.45) is 0 Å². The molecular weight excluding hydrogens is 296 g/mol. The van der Waals surface area contributed by atoms with Gasteiger partial charge < -0.3 is 9.88 Å². The molecular formula is C20H46N2Si. The maximum atomic E-state index is 4.23. The van der Waals surface area contributed by atoms with Crippen LogP contribution in [0.5, 0.6) is 0 Å². The number of hydrogen-bond acceptors (Lipinski definition) is 2. The summed E-state index contributed by atoms with van der Waals surface area (Å²) >= 11 is 0. The third-order valence-electron chi connectivity index (χ3n) is 5.99. The van der Waals surface area contributed by atoms with Gasteiger partial charge in [-0.05, 0) is 43.8 Å². The summed E-state index contributed by atoms with van der Waals surface area (Å²) in [5.74, 6) is 0. The largest absolute Gasteiger partial charge is 0.331 e. The molecule has 0 saturated heterocycles. The van der Waals surface area contributed by atoms with Gasteiger partial charge in [-0.25, -0.2) is 0 Å². The normalized spacial score (nSPS) is 13.8. The van der Waals surface area contributed by atoms with Crippen LogP contribution >= 0.6 is 0 Å². The zero-order chi connectivity index (χ0) is 18.1. The first-order chi connectivity index (χ1) is 10.6. The lowest BCUT2D eigenvalue weighted by molar-refractivity contribution is 0.179. The first kappa shape index (κ1) is 23.1. The minimum absolute atomic E-state index is 0.282. The van der Waals surface area contributed by atoms with Crippen LogP contribution in [0.3, 0.4) is 0 Å². The molecule has 0 atom stereocenters. The van der Waals surface area contributed by atoms with E-state index in [0.29, 0.717) is 5.04 Å². The smallest absolute Gasteiger partial charge is 0.125 e. The molecule has 0 heterocycles. The second-order valence-electron chi connectivity index (χ2n) is 8.97. The molecule has 23 heavy (non-hydrogen) atoms. The number of nitrogens with one attached hydrogen (secondary N) is 1. The van der Waals surface area contributed by atoms with Crippen LogP contribution in [0.1, 0.15) is 87.0 Å². The average molecular weight is 343 g/mol. The van der Waals surface area contributed by atoms with Crippen molar-refractivity contribution in [2.75, 3.05) is 19.6 Å². The average Bonchev–Trinajstić information content (AvgIpc) is 2.47. The Bertz CT molecular complexity index is 295. The molecule has 0 aromatic heterocycles. The molecule has 0 aliphatic heterocycles. The number of nitrogens with zero attached hydrogens (tertiary/aromatic N) is 1. The Morgan fingerprint density at radius 2 is 1.26 bits per heavy atom. The maximum Gasteiger partial charge on any atom is 0.125 e. The van der Waals surface area contributed by atoms with Gasteiger partial charge in [0.2, 0.25) is 0 Å². The standard InChI is InChI=1S/C20H46N2Si/c1-10-14-16-22(17-15-11-2)18-20(12-3,13-4)21-23(8,9)19(5,6)7/h21H,10-18H2,1-9H3. The van der Waals surface area contributed by atoms with E-state index in [2.05, 4.69) is 71.4 Å². The van der Waals surface area contributed by atoms with Gasteiger partial charge in [-0.2, -0.15) is 0 Å². The number of unbranched alkanes of at least 4 members (excludes halogenated alkanes) is 2. The van der Waals surface area contributed by atoms with Crippen molar-refractivity contribution < 1.29 is 0 Å². The Morgan fingerprint density at radius 3 is 1.57 bits per heavy atom. The van der Waals surface area contributed by atoms with Crippen LogP contribution in [0, 0.1) is 0 Å². The Labute approximate surface area is 148 Å². The van der Waals surface area contributed by atoms with Crippen molar-refractivity contribution in [1.82, 2.24) is 9.88 Å². The summed E-state index contributed by atoms with van der Waals surface area (Å²) in [5, 5.41) is 0.389. The van der Waals surface area contributed by atoms with Gasteiger partial charge in [0.25, 0.3) is 0 Å². The molecule has 0 aliphatic rings. The number of hydrogen-bond donors (Lipinski definition) is 1. The second kappa shape index (κ2) is 10.2. The molecule has 1 N–H and O–H groups in total. The molecule has 0 amide bonds. The lowest BCUT2D eigenvalue weighted by Crippen LogP contribution is -2.65. The molecule has 0 radical (unpaired) electrons. The predicted molar refractivity (Wildman–Crippen MR) is 110 cm³/mol. The maximum absolute atomic E-state index is 4.23. The minimum atomic E-state index is -1.49. The molecule has 0 saturated carbocycles. The Morgan fingerprint density at radius 1 is 0.826 bits per heavy atom. The van der Waals surface area contributed by atoms with Crippen molar-refractivity contribution >= 4 is 8.24 Å². The van der Waals surface area contributed by atoms with Crippen molar-refractivity contribution in [3.8, 4) is 0 Å². The van der Waals surface area contributed by atoms with Gasteiger partial charge in [0.15, 0.2) is 0 Å². The molecule has 3 heteroatoms. The predicted octanol–water partition coefficient (Wildman–Crippen LogP) is 6.04. The van der Waals surface area contributed by atoms with Crippen LogP contribution in [0.4, 0.5) is 0 Å². The monoisotopic (exact) mass is 342 g/mol. The van der Waals surface area contributed by atoms with E-state index in [-0.39, 0.29) is 5.54 Å². The van der Waals surface area contributed by atoms with Crippen molar-refractivity contribution in [2.45, 2.75) is 111 Å². The van der Waals surface area contributed by atoms with E-state index < -0.39 is 8.24 Å². The molecule has 0 unspecified atom stereocenters. The van der Waals surface area contributed by atoms with Gasteiger partial charge in [-0.15, -0.1) is 0 Å². The quantitative estimate of drug-likeness (QED) is 0.435. The van der Waals surface area contributed by atoms with E-state index in [1.165, 1.54) is 58.2 Å². The molecule has 0 spiro atoms. The highest BCUT2D eigenvalue weighted by atomic mass is 28.3. The Hall–Kier alpha value is 0.137. The van der Waals surface area contributed by atoms with Crippen LogP contribution in [0.15, 0.2) is 0 Å². The summed E-state index contributed by atoms with van der Waals surface area (Å²) < 4.78 is 0. The van der Waals surface area contributed by atoms with E-state index >= 15 is 0 Å². The third-order valence-corrected chi connectivity index (χ3v) is 10.9. The van der Waals surface area contributed by atoms with Crippen molar-refractivity contribution in [3.63, 3.8) is 0 Å². The van der Waals surface area contributed by atoms with E-state index in [9.17, 15) is 0 Å². The van der Waals surface area contributed by atoms with E-state index in [4.69, 9.17) is 0 Å². The minimum Gasteiger partial charge on any atom is -0.331 e. The molecule has 2 nitrogen and oxygen atoms in total. The summed E-state index contributed by atoms with van der Waals surface area (Å²) in [6.45, 7) is 25.4. The number of rotatable bonds is 12. The molecule has 140 valence electrons. The summed E-state index contributed by atoms with van der Waals surface area (Å²) in [6.07, 6.45) is 7.70. The van der Waals surface area contributed by atoms with Gasteiger partial charge in [0.05, 0.1) is 0 Å². The zero-order valence-electron chi connectivity index (χ0n) is 17.8. The fraction of sp³-hybridized carbons (Fsp3) is 1.00. The first-order valence-corrected chi connectivity index (χ1v) is 13.1. The lowest BCUT2D eigenvalue weighted by atomic mass is 9.93. The highest BCUT2D eigenvalue weighted by Gasteiger charge is 2.42. The van der Waals surface area contributed by atoms with Crippen molar-refractivity contribution in [1.29, 1.82) is 0 Å². The summed E-state index contributed by atoms with van der Waals surface area (Å²) in [4.78, 5) is 6.96. The molecule has 0 aliphatic carbocycles. The first-order valence-electron chi connectivity index (χ1n) is 10.1. The van der Waals surface area contributed by atoms with Gasteiger partial charge in [-0.3, -0.25) is 0 Å². The molecule has 0 aromatic rings. The Balaban J connectivity index is 5.15. The summed E-state index contributed by atoms with van der Waals surface area (Å²) in [5.41, 5.74) is 0.282. The fourth-order valence-electron chi connectivity index (χ4n) is 3.00. The molecule has 0 bridgehead atoms. The fourth-order valence-corrected chi connectivity index (χ4v) is 5.14. The van der Waals surface area contributed by atoms with E-state index in [0.717, 1.165) is 0 Å². The zero-order valence-corrected chi connectivity index (χ0v) is 18.8. The highest BCUT2D eigenvalue weighted by molar-refractivity contribution is 6.77. The van der Waals surface area contributed by atoms with Crippen LogP contribution < -0.4 is 4.98 Å². The van der Waals surface area contributed by atoms with Crippen molar-refractivity contribution in [3.05, 3.63) is 0 Å². The highest BCUT2D eigenvalue weighted by Crippen LogP contribution is 2.36. The molecule has 0 aromatic carbocycles. The molecule has 0 fully saturated rings. The van der Waals surface area contributed by atoms with Crippen LogP contribution in [-0.4, -0.2) is 38.3 Å². The summed E-state index contributed by atoms with van der Waals surface area (Å²) in [7, 11) is -1.49. The van der Waals surface area contributed by atoms with Crippen LogP contribution in [-0.2, 0) is 0 Å². The van der Waals surface area contributed by atoms with Gasteiger partial charge in [0.1, 0.15) is 8.24 Å².